The van der Waals surface area contributed by atoms with Crippen molar-refractivity contribution in [2.45, 2.75) is 52.1 Å². The Kier molecular flexibility index (Phi) is 7.92. The molecule has 1 aliphatic rings. The Balaban J connectivity index is 2.48. The Morgan fingerprint density at radius 1 is 1.20 bits per heavy atom. The van der Waals surface area contributed by atoms with Crippen molar-refractivity contribution < 1.29 is 9.84 Å². The fraction of sp³-hybridized carbons (Fsp3) is 0.933. The lowest BCUT2D eigenvalue weighted by Gasteiger charge is -2.30. The molecule has 0 aromatic heterocycles. The van der Waals surface area contributed by atoms with E-state index in [1.54, 1.807) is 0 Å². The summed E-state index contributed by atoms with van der Waals surface area (Å²) in [7, 11) is 0. The molecule has 0 aliphatic carbocycles. The van der Waals surface area contributed by atoms with Gasteiger partial charge in [-0.2, -0.15) is 0 Å². The summed E-state index contributed by atoms with van der Waals surface area (Å²) in [5, 5.41) is 17.0. The van der Waals surface area contributed by atoms with Crippen LogP contribution in [0.4, 0.5) is 0 Å². The van der Waals surface area contributed by atoms with Crippen LogP contribution in [0.1, 0.15) is 46.5 Å². The average Bonchev–Trinajstić information content (AvgIpc) is 2.46. The van der Waals surface area contributed by atoms with Crippen LogP contribution in [0.5, 0.6) is 0 Å². The number of guanidine groups is 1. The lowest BCUT2D eigenvalue weighted by atomic mass is 9.95. The molecule has 1 saturated heterocycles. The molecule has 1 fully saturated rings. The first kappa shape index (κ1) is 17.2. The van der Waals surface area contributed by atoms with Crippen LogP contribution >= 0.6 is 0 Å². The topological polar surface area (TPSA) is 65.9 Å². The maximum atomic E-state index is 10.4. The monoisotopic (exact) mass is 285 g/mol. The highest BCUT2D eigenvalue weighted by atomic mass is 16.5. The lowest BCUT2D eigenvalue weighted by Crippen LogP contribution is -2.43. The summed E-state index contributed by atoms with van der Waals surface area (Å²) < 4.78 is 5.29. The summed E-state index contributed by atoms with van der Waals surface area (Å²) in [5.41, 5.74) is -0.699. The van der Waals surface area contributed by atoms with E-state index in [-0.39, 0.29) is 0 Å². The number of hydrogen-bond acceptors (Lipinski definition) is 3. The van der Waals surface area contributed by atoms with Crippen LogP contribution in [0.3, 0.4) is 0 Å². The first-order valence-electron chi connectivity index (χ1n) is 7.95. The van der Waals surface area contributed by atoms with E-state index in [0.717, 1.165) is 19.0 Å². The van der Waals surface area contributed by atoms with E-state index in [2.05, 4.69) is 36.4 Å². The van der Waals surface area contributed by atoms with Crippen molar-refractivity contribution in [3.63, 3.8) is 0 Å². The second-order valence-corrected chi connectivity index (χ2v) is 5.60. The normalized spacial score (nSPS) is 19.1. The number of aliphatic imine (C=N–C) groups is 1. The number of aliphatic hydroxyl groups is 1. The van der Waals surface area contributed by atoms with Gasteiger partial charge in [0.05, 0.1) is 12.1 Å². The molecule has 1 heterocycles. The van der Waals surface area contributed by atoms with Crippen molar-refractivity contribution in [2.75, 3.05) is 32.8 Å². The number of nitrogens with zero attached hydrogens (tertiary/aromatic N) is 1. The quantitative estimate of drug-likeness (QED) is 0.490. The summed E-state index contributed by atoms with van der Waals surface area (Å²) in [6.45, 7) is 9.94. The first-order chi connectivity index (χ1) is 9.63. The zero-order valence-electron chi connectivity index (χ0n) is 13.2. The van der Waals surface area contributed by atoms with Gasteiger partial charge in [0.2, 0.25) is 0 Å². The van der Waals surface area contributed by atoms with Crippen LogP contribution in [0, 0.1) is 5.92 Å². The number of rotatable bonds is 7. The highest BCUT2D eigenvalue weighted by molar-refractivity contribution is 5.79. The molecule has 0 bridgehead atoms. The molecule has 0 radical (unpaired) electrons. The molecular weight excluding hydrogens is 254 g/mol. The summed E-state index contributed by atoms with van der Waals surface area (Å²) in [4.78, 5) is 4.54. The van der Waals surface area contributed by atoms with Gasteiger partial charge in [0.15, 0.2) is 5.96 Å². The third-order valence-electron chi connectivity index (χ3n) is 4.01. The molecule has 0 spiro atoms. The second kappa shape index (κ2) is 9.19. The lowest BCUT2D eigenvalue weighted by molar-refractivity contribution is -0.0565. The van der Waals surface area contributed by atoms with E-state index in [0.29, 0.717) is 38.5 Å². The molecule has 1 aliphatic heterocycles. The van der Waals surface area contributed by atoms with E-state index in [4.69, 9.17) is 4.74 Å². The van der Waals surface area contributed by atoms with E-state index < -0.39 is 5.60 Å². The van der Waals surface area contributed by atoms with Gasteiger partial charge in [0, 0.05) is 39.1 Å². The summed E-state index contributed by atoms with van der Waals surface area (Å²) in [6, 6.07) is 0. The molecule has 3 N–H and O–H groups in total. The molecule has 5 heteroatoms. The second-order valence-electron chi connectivity index (χ2n) is 5.60. The Morgan fingerprint density at radius 2 is 1.85 bits per heavy atom. The maximum Gasteiger partial charge on any atom is 0.191 e. The van der Waals surface area contributed by atoms with E-state index in [9.17, 15) is 5.11 Å². The van der Waals surface area contributed by atoms with Gasteiger partial charge in [0.1, 0.15) is 0 Å². The van der Waals surface area contributed by atoms with E-state index in [1.807, 2.05) is 0 Å². The number of nitrogens with one attached hydrogen (secondary N) is 2. The summed E-state index contributed by atoms with van der Waals surface area (Å²) in [6.07, 6.45) is 3.68. The summed E-state index contributed by atoms with van der Waals surface area (Å²) >= 11 is 0. The van der Waals surface area contributed by atoms with Crippen molar-refractivity contribution in [3.05, 3.63) is 0 Å². The van der Waals surface area contributed by atoms with Crippen LogP contribution < -0.4 is 10.6 Å². The Labute approximate surface area is 123 Å². The fourth-order valence-electron chi connectivity index (χ4n) is 2.30. The molecular formula is C15H31N3O2. The molecule has 0 unspecified atom stereocenters. The van der Waals surface area contributed by atoms with Crippen LogP contribution in [0.2, 0.25) is 0 Å². The van der Waals surface area contributed by atoms with Crippen molar-refractivity contribution >= 4 is 5.96 Å². The third-order valence-corrected chi connectivity index (χ3v) is 4.01. The molecule has 0 atom stereocenters. The van der Waals surface area contributed by atoms with Crippen molar-refractivity contribution in [1.29, 1.82) is 0 Å². The Bertz CT molecular complexity index is 285. The SMILES string of the molecule is CCNC(=NCC1(O)CCOCC1)NCC(CC)CC. The van der Waals surface area contributed by atoms with Gasteiger partial charge in [-0.05, 0) is 12.8 Å². The van der Waals surface area contributed by atoms with Gasteiger partial charge in [-0.1, -0.05) is 26.7 Å². The Hall–Kier alpha value is -0.810. The highest BCUT2D eigenvalue weighted by Crippen LogP contribution is 2.20. The van der Waals surface area contributed by atoms with Crippen LogP contribution in [0.25, 0.3) is 0 Å². The van der Waals surface area contributed by atoms with Crippen LogP contribution in [-0.4, -0.2) is 49.5 Å². The molecule has 5 nitrogen and oxygen atoms in total. The van der Waals surface area contributed by atoms with Gasteiger partial charge in [0.25, 0.3) is 0 Å². The zero-order valence-corrected chi connectivity index (χ0v) is 13.2. The van der Waals surface area contributed by atoms with Crippen molar-refractivity contribution in [3.8, 4) is 0 Å². The van der Waals surface area contributed by atoms with Crippen LogP contribution in [-0.2, 0) is 4.74 Å². The molecule has 0 amide bonds. The molecule has 118 valence electrons. The predicted molar refractivity (Wildman–Crippen MR) is 83.1 cm³/mol. The minimum Gasteiger partial charge on any atom is -0.388 e. The molecule has 0 aromatic carbocycles. The minimum absolute atomic E-state index is 0.439. The maximum absolute atomic E-state index is 10.4. The molecule has 0 aromatic rings. The smallest absolute Gasteiger partial charge is 0.191 e. The van der Waals surface area contributed by atoms with Gasteiger partial charge in [-0.15, -0.1) is 0 Å². The molecule has 1 rings (SSSR count). The van der Waals surface area contributed by atoms with Gasteiger partial charge < -0.3 is 20.5 Å². The number of ether oxygens (including phenoxy) is 1. The van der Waals surface area contributed by atoms with Crippen molar-refractivity contribution in [1.82, 2.24) is 10.6 Å². The predicted octanol–water partition coefficient (Wildman–Crippen LogP) is 1.52. The Morgan fingerprint density at radius 3 is 2.40 bits per heavy atom. The first-order valence-corrected chi connectivity index (χ1v) is 7.95. The van der Waals surface area contributed by atoms with Gasteiger partial charge in [-0.3, -0.25) is 4.99 Å². The van der Waals surface area contributed by atoms with Crippen molar-refractivity contribution in [2.24, 2.45) is 10.9 Å². The van der Waals surface area contributed by atoms with Gasteiger partial charge in [-0.25, -0.2) is 0 Å². The third kappa shape index (κ3) is 6.09. The average molecular weight is 285 g/mol. The molecule has 20 heavy (non-hydrogen) atoms. The standard InChI is InChI=1S/C15H31N3O2/c1-4-13(5-2)11-17-14(16-6-3)18-12-15(19)7-9-20-10-8-15/h13,19H,4-12H2,1-3H3,(H2,16,17,18). The fourth-order valence-corrected chi connectivity index (χ4v) is 2.30. The highest BCUT2D eigenvalue weighted by Gasteiger charge is 2.29. The minimum atomic E-state index is -0.699. The number of hydrogen-bond donors (Lipinski definition) is 3. The largest absolute Gasteiger partial charge is 0.388 e. The van der Waals surface area contributed by atoms with E-state index in [1.165, 1.54) is 12.8 Å². The van der Waals surface area contributed by atoms with Crippen LogP contribution in [0.15, 0.2) is 4.99 Å². The van der Waals surface area contributed by atoms with Gasteiger partial charge >= 0.3 is 0 Å². The summed E-state index contributed by atoms with van der Waals surface area (Å²) in [5.74, 6) is 1.48. The molecule has 0 saturated carbocycles. The zero-order chi connectivity index (χ0) is 14.8. The van der Waals surface area contributed by atoms with E-state index >= 15 is 0 Å².